The molecule has 0 aliphatic heterocycles. The normalized spacial score (nSPS) is 25.0. The van der Waals surface area contributed by atoms with Gasteiger partial charge < -0.3 is 5.32 Å². The summed E-state index contributed by atoms with van der Waals surface area (Å²) in [5.41, 5.74) is 0.971. The van der Waals surface area contributed by atoms with E-state index in [1.165, 1.54) is 0 Å². The van der Waals surface area contributed by atoms with Crippen molar-refractivity contribution in [2.45, 2.75) is 30.8 Å². The van der Waals surface area contributed by atoms with Crippen LogP contribution in [-0.2, 0) is 6.54 Å². The lowest BCUT2D eigenvalue weighted by molar-refractivity contribution is 0.345. The molecule has 0 bridgehead atoms. The monoisotopic (exact) mass is 263 g/mol. The first-order valence-electron chi connectivity index (χ1n) is 4.97. The highest BCUT2D eigenvalue weighted by molar-refractivity contribution is 6.35. The molecule has 1 aliphatic rings. The van der Waals surface area contributed by atoms with Gasteiger partial charge in [0.05, 0.1) is 0 Å². The maximum Gasteiger partial charge on any atom is 0.0465 e. The van der Waals surface area contributed by atoms with Gasteiger partial charge in [0, 0.05) is 33.6 Å². The molecule has 1 nitrogen and oxygen atoms in total. The summed E-state index contributed by atoms with van der Waals surface area (Å²) in [6.45, 7) is 0.715. The summed E-state index contributed by atoms with van der Waals surface area (Å²) in [5, 5.41) is 5.17. The molecule has 1 aromatic rings. The lowest BCUT2D eigenvalue weighted by atomic mass is 9.92. The van der Waals surface area contributed by atoms with E-state index in [0.717, 1.165) is 28.5 Å². The van der Waals surface area contributed by atoms with Crippen LogP contribution in [-0.4, -0.2) is 11.4 Å². The highest BCUT2D eigenvalue weighted by atomic mass is 35.5. The first-order chi connectivity index (χ1) is 7.16. The highest BCUT2D eigenvalue weighted by Crippen LogP contribution is 2.28. The molecule has 1 saturated carbocycles. The molecule has 1 aromatic carbocycles. The third kappa shape index (κ3) is 2.79. The fraction of sp³-hybridized carbons (Fsp3) is 0.455. The highest BCUT2D eigenvalue weighted by Gasteiger charge is 2.26. The molecule has 0 radical (unpaired) electrons. The number of nitrogens with one attached hydrogen (secondary N) is 1. The van der Waals surface area contributed by atoms with Crippen LogP contribution >= 0.6 is 34.8 Å². The number of hydrogen-bond acceptors (Lipinski definition) is 1. The summed E-state index contributed by atoms with van der Waals surface area (Å²) in [5.74, 6) is 0. The van der Waals surface area contributed by atoms with Crippen molar-refractivity contribution in [1.82, 2.24) is 5.32 Å². The van der Waals surface area contributed by atoms with Crippen molar-refractivity contribution in [2.24, 2.45) is 0 Å². The van der Waals surface area contributed by atoms with Crippen molar-refractivity contribution in [2.75, 3.05) is 0 Å². The topological polar surface area (TPSA) is 12.0 Å². The van der Waals surface area contributed by atoms with Crippen molar-refractivity contribution < 1.29 is 0 Å². The predicted molar refractivity (Wildman–Crippen MR) is 66.0 cm³/mol. The van der Waals surface area contributed by atoms with Gasteiger partial charge in [-0.1, -0.05) is 29.3 Å². The number of benzene rings is 1. The standard InChI is InChI=1S/C11H12Cl3N/c12-7-4-8(5-7)15-6-9-10(13)2-1-3-11(9)14/h1-3,7-8,15H,4-6H2. The summed E-state index contributed by atoms with van der Waals surface area (Å²) >= 11 is 18.0. The van der Waals surface area contributed by atoms with Crippen LogP contribution in [0.25, 0.3) is 0 Å². The zero-order valence-electron chi connectivity index (χ0n) is 8.14. The minimum atomic E-state index is 0.337. The minimum Gasteiger partial charge on any atom is -0.310 e. The number of rotatable bonds is 3. The molecule has 1 N–H and O–H groups in total. The van der Waals surface area contributed by atoms with Gasteiger partial charge in [0.2, 0.25) is 0 Å². The molecule has 1 aliphatic carbocycles. The maximum atomic E-state index is 6.05. The van der Waals surface area contributed by atoms with Crippen LogP contribution in [0.1, 0.15) is 18.4 Å². The van der Waals surface area contributed by atoms with Crippen molar-refractivity contribution in [1.29, 1.82) is 0 Å². The van der Waals surface area contributed by atoms with Crippen LogP contribution in [0.15, 0.2) is 18.2 Å². The third-order valence-electron chi connectivity index (χ3n) is 2.71. The van der Waals surface area contributed by atoms with E-state index in [1.807, 2.05) is 18.2 Å². The molecule has 0 atom stereocenters. The number of alkyl halides is 1. The van der Waals surface area contributed by atoms with E-state index >= 15 is 0 Å². The molecular formula is C11H12Cl3N. The van der Waals surface area contributed by atoms with Crippen LogP contribution in [0.5, 0.6) is 0 Å². The van der Waals surface area contributed by atoms with E-state index in [9.17, 15) is 0 Å². The Morgan fingerprint density at radius 1 is 1.20 bits per heavy atom. The van der Waals surface area contributed by atoms with Gasteiger partial charge in [0.15, 0.2) is 0 Å². The fourth-order valence-corrected chi connectivity index (χ4v) is 2.62. The van der Waals surface area contributed by atoms with Gasteiger partial charge in [-0.2, -0.15) is 0 Å². The molecule has 0 saturated heterocycles. The lowest BCUT2D eigenvalue weighted by Crippen LogP contribution is -2.41. The Labute approximate surface area is 105 Å². The van der Waals surface area contributed by atoms with Crippen LogP contribution in [0.4, 0.5) is 0 Å². The fourth-order valence-electron chi connectivity index (χ4n) is 1.66. The van der Waals surface area contributed by atoms with Crippen LogP contribution < -0.4 is 5.32 Å². The lowest BCUT2D eigenvalue weighted by Gasteiger charge is -2.32. The average Bonchev–Trinajstić information content (AvgIpc) is 2.14. The summed E-state index contributed by atoms with van der Waals surface area (Å²) in [7, 11) is 0. The van der Waals surface area contributed by atoms with Crippen LogP contribution in [0.2, 0.25) is 10.0 Å². The molecule has 4 heteroatoms. The number of halogens is 3. The summed E-state index contributed by atoms with van der Waals surface area (Å²) < 4.78 is 0. The van der Waals surface area contributed by atoms with Gasteiger partial charge in [0.1, 0.15) is 0 Å². The van der Waals surface area contributed by atoms with Crippen molar-refractivity contribution in [3.63, 3.8) is 0 Å². The summed E-state index contributed by atoms with van der Waals surface area (Å²) in [6.07, 6.45) is 2.06. The molecule has 0 amide bonds. The van der Waals surface area contributed by atoms with E-state index in [0.29, 0.717) is 18.0 Å². The van der Waals surface area contributed by atoms with Gasteiger partial charge in [-0.25, -0.2) is 0 Å². The Morgan fingerprint density at radius 2 is 1.80 bits per heavy atom. The summed E-state index contributed by atoms with van der Waals surface area (Å²) in [4.78, 5) is 0. The minimum absolute atomic E-state index is 0.337. The molecular weight excluding hydrogens is 252 g/mol. The zero-order chi connectivity index (χ0) is 10.8. The Kier molecular flexibility index (Phi) is 3.78. The Hall–Kier alpha value is 0.0500. The molecule has 2 rings (SSSR count). The smallest absolute Gasteiger partial charge is 0.0465 e. The second-order valence-electron chi connectivity index (χ2n) is 3.85. The second kappa shape index (κ2) is 4.92. The molecule has 15 heavy (non-hydrogen) atoms. The maximum absolute atomic E-state index is 6.05. The Morgan fingerprint density at radius 3 is 2.33 bits per heavy atom. The molecule has 0 heterocycles. The van der Waals surface area contributed by atoms with Gasteiger partial charge in [0.25, 0.3) is 0 Å². The predicted octanol–water partition coefficient (Wildman–Crippen LogP) is 3.85. The quantitative estimate of drug-likeness (QED) is 0.818. The van der Waals surface area contributed by atoms with Gasteiger partial charge in [-0.3, -0.25) is 0 Å². The van der Waals surface area contributed by atoms with Gasteiger partial charge in [-0.05, 0) is 25.0 Å². The molecule has 82 valence electrons. The van der Waals surface area contributed by atoms with E-state index in [2.05, 4.69) is 5.32 Å². The van der Waals surface area contributed by atoms with E-state index in [4.69, 9.17) is 34.8 Å². The second-order valence-corrected chi connectivity index (χ2v) is 5.28. The summed E-state index contributed by atoms with van der Waals surface area (Å²) in [6, 6.07) is 6.08. The zero-order valence-corrected chi connectivity index (χ0v) is 10.4. The first kappa shape index (κ1) is 11.5. The Bertz CT molecular complexity index is 327. The van der Waals surface area contributed by atoms with Crippen molar-refractivity contribution >= 4 is 34.8 Å². The third-order valence-corrected chi connectivity index (χ3v) is 3.77. The molecule has 0 unspecified atom stereocenters. The number of hydrogen-bond donors (Lipinski definition) is 1. The Balaban J connectivity index is 1.93. The average molecular weight is 265 g/mol. The van der Waals surface area contributed by atoms with E-state index in [1.54, 1.807) is 0 Å². The van der Waals surface area contributed by atoms with Gasteiger partial charge in [-0.15, -0.1) is 11.6 Å². The molecule has 1 fully saturated rings. The van der Waals surface area contributed by atoms with Crippen LogP contribution in [0, 0.1) is 0 Å². The van der Waals surface area contributed by atoms with E-state index < -0.39 is 0 Å². The van der Waals surface area contributed by atoms with Gasteiger partial charge >= 0.3 is 0 Å². The van der Waals surface area contributed by atoms with Crippen molar-refractivity contribution in [3.05, 3.63) is 33.8 Å². The molecule has 0 aromatic heterocycles. The SMILES string of the molecule is Clc1cccc(Cl)c1CNC1CC(Cl)C1. The van der Waals surface area contributed by atoms with Crippen LogP contribution in [0.3, 0.4) is 0 Å². The van der Waals surface area contributed by atoms with Crippen molar-refractivity contribution in [3.8, 4) is 0 Å². The van der Waals surface area contributed by atoms with E-state index in [-0.39, 0.29) is 0 Å². The molecule has 0 spiro atoms. The largest absolute Gasteiger partial charge is 0.310 e. The first-order valence-corrected chi connectivity index (χ1v) is 6.16.